The Balaban J connectivity index is 1.75. The predicted molar refractivity (Wildman–Crippen MR) is 125 cm³/mol. The van der Waals surface area contributed by atoms with Crippen molar-refractivity contribution in [1.29, 1.82) is 5.26 Å². The first kappa shape index (κ1) is 21.1. The Kier molecular flexibility index (Phi) is 5.33. The lowest BCUT2D eigenvalue weighted by atomic mass is 9.51. The molecular formula is C27H26N4O2. The fraction of sp³-hybridized carbons (Fsp3) is 0.333. The number of methoxy groups -OCH3 is 1. The van der Waals surface area contributed by atoms with Gasteiger partial charge in [0.15, 0.2) is 5.78 Å². The number of nitrogens with one attached hydrogen (secondary N) is 1. The first-order chi connectivity index (χ1) is 16.1. The van der Waals surface area contributed by atoms with E-state index in [9.17, 15) is 10.1 Å². The van der Waals surface area contributed by atoms with Crippen LogP contribution < -0.4 is 10.1 Å². The fourth-order valence-electron chi connectivity index (χ4n) is 5.83. The average Bonchev–Trinajstić information content (AvgIpc) is 2.86. The van der Waals surface area contributed by atoms with Gasteiger partial charge in [0, 0.05) is 22.6 Å². The van der Waals surface area contributed by atoms with Gasteiger partial charge in [-0.15, -0.1) is 0 Å². The van der Waals surface area contributed by atoms with Crippen LogP contribution in [0.15, 0.2) is 60.7 Å². The molecule has 0 aliphatic heterocycles. The molecule has 1 N–H and O–H groups in total. The zero-order valence-corrected chi connectivity index (χ0v) is 18.8. The lowest BCUT2D eigenvalue weighted by Gasteiger charge is -2.51. The van der Waals surface area contributed by atoms with Gasteiger partial charge >= 0.3 is 0 Å². The van der Waals surface area contributed by atoms with Gasteiger partial charge in [-0.25, -0.2) is 4.98 Å². The van der Waals surface area contributed by atoms with E-state index in [0.717, 1.165) is 35.3 Å². The van der Waals surface area contributed by atoms with E-state index in [0.29, 0.717) is 18.2 Å². The Morgan fingerprint density at radius 3 is 2.45 bits per heavy atom. The molecule has 1 unspecified atom stereocenters. The first-order valence-electron chi connectivity index (χ1n) is 11.3. The number of rotatable bonds is 4. The molecule has 1 heterocycles. The lowest BCUT2D eigenvalue weighted by molar-refractivity contribution is -0.131. The van der Waals surface area contributed by atoms with Crippen LogP contribution in [-0.4, -0.2) is 22.9 Å². The molecule has 2 aliphatic rings. The fourth-order valence-corrected chi connectivity index (χ4v) is 5.83. The monoisotopic (exact) mass is 438 g/mol. The SMILES string of the molecule is COc1nc(Nc2ccccc2)nc2c1CC[C@H]1[C@H](C)C(=O)C(C#N)C[C@]21c1ccccc1. The summed E-state index contributed by atoms with van der Waals surface area (Å²) in [4.78, 5) is 22.8. The Hall–Kier alpha value is -3.72. The second-order valence-corrected chi connectivity index (χ2v) is 8.93. The number of ketones is 1. The van der Waals surface area contributed by atoms with Crippen molar-refractivity contribution in [3.63, 3.8) is 0 Å². The van der Waals surface area contributed by atoms with Crippen molar-refractivity contribution in [2.45, 2.75) is 31.6 Å². The molecule has 0 amide bonds. The second-order valence-electron chi connectivity index (χ2n) is 8.93. The molecule has 2 aliphatic carbocycles. The number of ether oxygens (including phenoxy) is 1. The quantitative estimate of drug-likeness (QED) is 0.628. The highest BCUT2D eigenvalue weighted by Crippen LogP contribution is 2.56. The normalized spacial score (nSPS) is 26.0. The van der Waals surface area contributed by atoms with Crippen LogP contribution in [0.2, 0.25) is 0 Å². The molecule has 33 heavy (non-hydrogen) atoms. The summed E-state index contributed by atoms with van der Waals surface area (Å²) in [6.45, 7) is 1.97. The number of para-hydroxylation sites is 1. The van der Waals surface area contributed by atoms with Crippen molar-refractivity contribution < 1.29 is 9.53 Å². The lowest BCUT2D eigenvalue weighted by Crippen LogP contribution is -2.53. The van der Waals surface area contributed by atoms with Crippen LogP contribution in [0.3, 0.4) is 0 Å². The number of Topliss-reactive ketones (excluding diaryl/α,β-unsaturated/α-hetero) is 1. The molecule has 6 heteroatoms. The highest BCUT2D eigenvalue weighted by molar-refractivity contribution is 5.87. The maximum Gasteiger partial charge on any atom is 0.230 e. The third kappa shape index (κ3) is 3.36. The minimum Gasteiger partial charge on any atom is -0.481 e. The Morgan fingerprint density at radius 1 is 1.09 bits per heavy atom. The molecule has 3 aromatic rings. The minimum atomic E-state index is -0.672. The summed E-state index contributed by atoms with van der Waals surface area (Å²) in [5.74, 6) is 0.183. The van der Waals surface area contributed by atoms with Crippen LogP contribution in [0.5, 0.6) is 5.88 Å². The molecule has 1 aromatic heterocycles. The predicted octanol–water partition coefficient (Wildman–Crippen LogP) is 4.83. The van der Waals surface area contributed by atoms with E-state index >= 15 is 0 Å². The maximum absolute atomic E-state index is 13.0. The van der Waals surface area contributed by atoms with Gasteiger partial charge in [-0.2, -0.15) is 10.2 Å². The van der Waals surface area contributed by atoms with Crippen molar-refractivity contribution in [3.05, 3.63) is 77.5 Å². The molecule has 2 aromatic carbocycles. The summed E-state index contributed by atoms with van der Waals surface area (Å²) >= 11 is 0. The molecule has 166 valence electrons. The van der Waals surface area contributed by atoms with E-state index in [1.807, 2.05) is 55.5 Å². The zero-order chi connectivity index (χ0) is 23.0. The van der Waals surface area contributed by atoms with Crippen molar-refractivity contribution in [2.75, 3.05) is 12.4 Å². The smallest absolute Gasteiger partial charge is 0.230 e. The van der Waals surface area contributed by atoms with Gasteiger partial charge in [-0.1, -0.05) is 55.5 Å². The summed E-state index contributed by atoms with van der Waals surface area (Å²) < 4.78 is 5.73. The van der Waals surface area contributed by atoms with Crippen LogP contribution in [0, 0.1) is 29.1 Å². The Morgan fingerprint density at radius 2 is 1.79 bits per heavy atom. The van der Waals surface area contributed by atoms with Gasteiger partial charge in [-0.3, -0.25) is 4.79 Å². The largest absolute Gasteiger partial charge is 0.481 e. The minimum absolute atomic E-state index is 0.0427. The van der Waals surface area contributed by atoms with E-state index in [-0.39, 0.29) is 17.6 Å². The van der Waals surface area contributed by atoms with E-state index in [4.69, 9.17) is 9.72 Å². The van der Waals surface area contributed by atoms with Crippen molar-refractivity contribution in [1.82, 2.24) is 9.97 Å². The number of hydrogen-bond acceptors (Lipinski definition) is 6. The van der Waals surface area contributed by atoms with Gasteiger partial charge in [-0.05, 0) is 42.9 Å². The molecule has 1 fully saturated rings. The number of benzene rings is 2. The van der Waals surface area contributed by atoms with E-state index in [2.05, 4.69) is 28.5 Å². The number of nitrogens with zero attached hydrogens (tertiary/aromatic N) is 3. The molecule has 5 rings (SSSR count). The van der Waals surface area contributed by atoms with Gasteiger partial charge in [0.05, 0.1) is 18.9 Å². The summed E-state index contributed by atoms with van der Waals surface area (Å²) in [7, 11) is 1.63. The topological polar surface area (TPSA) is 87.9 Å². The van der Waals surface area contributed by atoms with Gasteiger partial charge in [0.2, 0.25) is 11.8 Å². The Labute approximate surface area is 193 Å². The van der Waals surface area contributed by atoms with Crippen LogP contribution in [0.25, 0.3) is 0 Å². The molecule has 0 spiro atoms. The number of hydrogen-bond donors (Lipinski definition) is 1. The molecular weight excluding hydrogens is 412 g/mol. The maximum atomic E-state index is 13.0. The summed E-state index contributed by atoms with van der Waals surface area (Å²) in [5.41, 5.74) is 3.24. The van der Waals surface area contributed by atoms with Crippen molar-refractivity contribution >= 4 is 17.4 Å². The van der Waals surface area contributed by atoms with Crippen molar-refractivity contribution in [3.8, 4) is 11.9 Å². The van der Waals surface area contributed by atoms with Crippen LogP contribution in [0.1, 0.15) is 36.6 Å². The molecule has 4 atom stereocenters. The van der Waals surface area contributed by atoms with Crippen molar-refractivity contribution in [2.24, 2.45) is 17.8 Å². The first-order valence-corrected chi connectivity index (χ1v) is 11.3. The highest BCUT2D eigenvalue weighted by atomic mass is 16.5. The number of carbonyl (C=O) groups excluding carboxylic acids is 1. The second kappa shape index (κ2) is 8.32. The number of carbonyl (C=O) groups is 1. The average molecular weight is 439 g/mol. The van der Waals surface area contributed by atoms with E-state index in [1.165, 1.54) is 0 Å². The van der Waals surface area contributed by atoms with E-state index in [1.54, 1.807) is 7.11 Å². The number of anilines is 2. The highest BCUT2D eigenvalue weighted by Gasteiger charge is 2.56. The number of nitriles is 1. The summed E-state index contributed by atoms with van der Waals surface area (Å²) in [5, 5.41) is 13.2. The number of fused-ring (bicyclic) bond motifs is 3. The van der Waals surface area contributed by atoms with Gasteiger partial charge in [0.25, 0.3) is 0 Å². The van der Waals surface area contributed by atoms with Gasteiger partial charge in [0.1, 0.15) is 5.92 Å². The molecule has 0 bridgehead atoms. The molecule has 6 nitrogen and oxygen atoms in total. The van der Waals surface area contributed by atoms with Crippen LogP contribution in [-0.2, 0) is 16.6 Å². The molecule has 0 saturated heterocycles. The molecule has 1 saturated carbocycles. The molecule has 0 radical (unpaired) electrons. The third-order valence-electron chi connectivity index (χ3n) is 7.32. The van der Waals surface area contributed by atoms with Gasteiger partial charge < -0.3 is 10.1 Å². The van der Waals surface area contributed by atoms with Crippen LogP contribution in [0.4, 0.5) is 11.6 Å². The standard InChI is InChI=1S/C27H26N4O2/c1-17-22-14-13-21-24(30-26(31-25(21)33-2)29-20-11-7-4-8-12-20)27(22,15-18(16-28)23(17)32)19-9-5-3-6-10-19/h3-12,17-18,22H,13-15H2,1-2H3,(H,29,30,31)/t17-,18?,22-,27+/m0/s1. The van der Waals surface area contributed by atoms with Crippen LogP contribution >= 0.6 is 0 Å². The number of aromatic nitrogens is 2. The zero-order valence-electron chi connectivity index (χ0n) is 18.8. The summed E-state index contributed by atoms with van der Waals surface area (Å²) in [6, 6.07) is 22.3. The summed E-state index contributed by atoms with van der Waals surface area (Å²) in [6.07, 6.45) is 1.97. The third-order valence-corrected chi connectivity index (χ3v) is 7.32. The Bertz CT molecular complexity index is 1220. The van der Waals surface area contributed by atoms with E-state index < -0.39 is 11.3 Å².